The van der Waals surface area contributed by atoms with E-state index in [-0.39, 0.29) is 22.7 Å². The standard InChI is InChI=1S/C20H15N5O4/c1-29-16-8-3-2-7-15(16)22-20-23-18-17(19(26)24-20)14(9-10-21-18)12-5-4-6-13(11-12)25(27)28/h2-11H,1H3,(H2,21,22,23,24,26). The van der Waals surface area contributed by atoms with Crippen molar-refractivity contribution in [3.63, 3.8) is 0 Å². The second kappa shape index (κ2) is 7.39. The molecular formula is C20H15N5O4. The maximum atomic E-state index is 12.8. The number of pyridine rings is 1. The second-order valence-electron chi connectivity index (χ2n) is 6.10. The molecule has 0 radical (unpaired) electrons. The van der Waals surface area contributed by atoms with Crippen molar-refractivity contribution >= 4 is 28.4 Å². The molecule has 2 N–H and O–H groups in total. The highest BCUT2D eigenvalue weighted by molar-refractivity contribution is 5.92. The molecule has 0 saturated heterocycles. The number of fused-ring (bicyclic) bond motifs is 1. The van der Waals surface area contributed by atoms with E-state index in [1.165, 1.54) is 18.3 Å². The van der Waals surface area contributed by atoms with Gasteiger partial charge in [0, 0.05) is 23.9 Å². The first kappa shape index (κ1) is 18.1. The summed E-state index contributed by atoms with van der Waals surface area (Å²) < 4.78 is 5.29. The Bertz CT molecular complexity index is 1290. The van der Waals surface area contributed by atoms with Crippen molar-refractivity contribution in [1.82, 2.24) is 15.0 Å². The lowest BCUT2D eigenvalue weighted by Gasteiger charge is -2.11. The average molecular weight is 389 g/mol. The van der Waals surface area contributed by atoms with Crippen LogP contribution < -0.4 is 15.6 Å². The molecule has 2 heterocycles. The van der Waals surface area contributed by atoms with Gasteiger partial charge in [-0.25, -0.2) is 4.98 Å². The van der Waals surface area contributed by atoms with Gasteiger partial charge >= 0.3 is 0 Å². The fraction of sp³-hybridized carbons (Fsp3) is 0.0500. The number of nitro benzene ring substituents is 1. The predicted octanol–water partition coefficient (Wildman–Crippen LogP) is 3.65. The van der Waals surface area contributed by atoms with Crippen LogP contribution in [0.1, 0.15) is 0 Å². The van der Waals surface area contributed by atoms with Gasteiger partial charge in [0.05, 0.1) is 23.1 Å². The quantitative estimate of drug-likeness (QED) is 0.394. The molecule has 4 rings (SSSR count). The monoisotopic (exact) mass is 389 g/mol. The predicted molar refractivity (Wildman–Crippen MR) is 109 cm³/mol. The summed E-state index contributed by atoms with van der Waals surface area (Å²) in [5.41, 5.74) is 1.41. The molecule has 0 aliphatic rings. The topological polar surface area (TPSA) is 123 Å². The number of para-hydroxylation sites is 2. The second-order valence-corrected chi connectivity index (χ2v) is 6.10. The van der Waals surface area contributed by atoms with Crippen molar-refractivity contribution in [2.24, 2.45) is 0 Å². The first-order valence-corrected chi connectivity index (χ1v) is 8.60. The van der Waals surface area contributed by atoms with Crippen LogP contribution in [0.15, 0.2) is 65.6 Å². The fourth-order valence-corrected chi connectivity index (χ4v) is 3.03. The molecule has 29 heavy (non-hydrogen) atoms. The number of anilines is 2. The van der Waals surface area contributed by atoms with Crippen molar-refractivity contribution < 1.29 is 9.66 Å². The van der Waals surface area contributed by atoms with Gasteiger partial charge in [0.1, 0.15) is 5.75 Å². The minimum absolute atomic E-state index is 0.0636. The van der Waals surface area contributed by atoms with E-state index in [9.17, 15) is 14.9 Å². The van der Waals surface area contributed by atoms with E-state index in [1.807, 2.05) is 12.1 Å². The number of hydrogen-bond acceptors (Lipinski definition) is 7. The Morgan fingerprint density at radius 3 is 2.76 bits per heavy atom. The zero-order valence-corrected chi connectivity index (χ0v) is 15.2. The van der Waals surface area contributed by atoms with E-state index >= 15 is 0 Å². The lowest BCUT2D eigenvalue weighted by Crippen LogP contribution is -2.13. The highest BCUT2D eigenvalue weighted by Gasteiger charge is 2.14. The third-order valence-corrected chi connectivity index (χ3v) is 4.34. The molecule has 0 unspecified atom stereocenters. The Hall–Kier alpha value is -4.27. The van der Waals surface area contributed by atoms with Crippen molar-refractivity contribution in [2.45, 2.75) is 0 Å². The average Bonchev–Trinajstić information content (AvgIpc) is 2.73. The summed E-state index contributed by atoms with van der Waals surface area (Å²) in [6.45, 7) is 0. The van der Waals surface area contributed by atoms with Crippen molar-refractivity contribution in [2.75, 3.05) is 12.4 Å². The maximum absolute atomic E-state index is 12.8. The minimum atomic E-state index is -0.482. The molecular weight excluding hydrogens is 374 g/mol. The first-order chi connectivity index (χ1) is 14.1. The molecule has 0 saturated carbocycles. The van der Waals surface area contributed by atoms with Gasteiger partial charge in [-0.3, -0.25) is 19.9 Å². The molecule has 144 valence electrons. The number of nitrogens with zero attached hydrogens (tertiary/aromatic N) is 3. The molecule has 0 amide bonds. The number of ether oxygens (including phenoxy) is 1. The smallest absolute Gasteiger partial charge is 0.270 e. The van der Waals surface area contributed by atoms with Gasteiger partial charge in [-0.05, 0) is 23.8 Å². The first-order valence-electron chi connectivity index (χ1n) is 8.60. The van der Waals surface area contributed by atoms with Crippen LogP contribution in [0.4, 0.5) is 17.3 Å². The van der Waals surface area contributed by atoms with Crippen LogP contribution in [0.25, 0.3) is 22.2 Å². The summed E-state index contributed by atoms with van der Waals surface area (Å²) in [5.74, 6) is 0.796. The molecule has 2 aromatic heterocycles. The molecule has 0 aliphatic heterocycles. The van der Waals surface area contributed by atoms with E-state index in [0.717, 1.165) is 0 Å². The normalized spacial score (nSPS) is 10.7. The summed E-state index contributed by atoms with van der Waals surface area (Å²) in [6, 6.07) is 14.9. The molecule has 2 aromatic carbocycles. The highest BCUT2D eigenvalue weighted by atomic mass is 16.6. The number of hydrogen-bond donors (Lipinski definition) is 2. The Morgan fingerprint density at radius 1 is 1.14 bits per heavy atom. The van der Waals surface area contributed by atoms with Crippen molar-refractivity contribution in [3.8, 4) is 16.9 Å². The number of methoxy groups -OCH3 is 1. The molecule has 0 fully saturated rings. The number of H-pyrrole nitrogens is 1. The zero-order valence-electron chi connectivity index (χ0n) is 15.2. The summed E-state index contributed by atoms with van der Waals surface area (Å²) in [6.07, 6.45) is 1.51. The summed E-state index contributed by atoms with van der Waals surface area (Å²) in [7, 11) is 1.55. The van der Waals surface area contributed by atoms with Gasteiger partial charge in [-0.1, -0.05) is 24.3 Å². The van der Waals surface area contributed by atoms with Crippen molar-refractivity contribution in [1.29, 1.82) is 0 Å². The Balaban J connectivity index is 1.82. The van der Waals surface area contributed by atoms with Crippen LogP contribution in [0.2, 0.25) is 0 Å². The van der Waals surface area contributed by atoms with E-state index in [0.29, 0.717) is 22.6 Å². The van der Waals surface area contributed by atoms with E-state index < -0.39 is 10.5 Å². The number of rotatable bonds is 5. The number of aromatic amines is 1. The van der Waals surface area contributed by atoms with E-state index in [4.69, 9.17) is 4.74 Å². The lowest BCUT2D eigenvalue weighted by atomic mass is 10.0. The SMILES string of the molecule is COc1ccccc1Nc1nc2nccc(-c3cccc([N+](=O)[O-])c3)c2c(=O)[nH]1. The van der Waals surface area contributed by atoms with Gasteiger partial charge in [-0.15, -0.1) is 0 Å². The lowest BCUT2D eigenvalue weighted by molar-refractivity contribution is -0.384. The fourth-order valence-electron chi connectivity index (χ4n) is 3.03. The van der Waals surface area contributed by atoms with Gasteiger partial charge in [0.15, 0.2) is 5.65 Å². The molecule has 9 heteroatoms. The van der Waals surface area contributed by atoms with Gasteiger partial charge in [0.2, 0.25) is 5.95 Å². The van der Waals surface area contributed by atoms with Crippen molar-refractivity contribution in [3.05, 3.63) is 81.3 Å². The van der Waals surface area contributed by atoms with E-state index in [2.05, 4.69) is 20.3 Å². The number of benzene rings is 2. The third kappa shape index (κ3) is 3.48. The maximum Gasteiger partial charge on any atom is 0.270 e. The molecule has 0 atom stereocenters. The number of nitrogens with one attached hydrogen (secondary N) is 2. The third-order valence-electron chi connectivity index (χ3n) is 4.34. The summed E-state index contributed by atoms with van der Waals surface area (Å²) >= 11 is 0. The highest BCUT2D eigenvalue weighted by Crippen LogP contribution is 2.29. The Labute approximate surface area is 164 Å². The Morgan fingerprint density at radius 2 is 1.97 bits per heavy atom. The Kier molecular flexibility index (Phi) is 4.62. The number of aromatic nitrogens is 3. The summed E-state index contributed by atoms with van der Waals surface area (Å²) in [4.78, 5) is 34.7. The van der Waals surface area contributed by atoms with E-state index in [1.54, 1.807) is 37.4 Å². The molecule has 0 spiro atoms. The van der Waals surface area contributed by atoms with Crippen LogP contribution in [0.3, 0.4) is 0 Å². The number of non-ortho nitro benzene ring substituents is 1. The van der Waals surface area contributed by atoms with Crippen LogP contribution in [0.5, 0.6) is 5.75 Å². The van der Waals surface area contributed by atoms with Gasteiger partial charge in [0.25, 0.3) is 11.2 Å². The van der Waals surface area contributed by atoms with Crippen LogP contribution in [-0.4, -0.2) is 27.0 Å². The largest absolute Gasteiger partial charge is 0.495 e. The molecule has 4 aromatic rings. The molecule has 9 nitrogen and oxygen atoms in total. The van der Waals surface area contributed by atoms with Gasteiger partial charge < -0.3 is 10.1 Å². The zero-order chi connectivity index (χ0) is 20.4. The van der Waals surface area contributed by atoms with Gasteiger partial charge in [-0.2, -0.15) is 4.98 Å². The summed E-state index contributed by atoms with van der Waals surface area (Å²) in [5, 5.41) is 14.3. The number of nitro groups is 1. The molecule has 0 bridgehead atoms. The molecule has 0 aliphatic carbocycles. The van der Waals surface area contributed by atoms with Crippen LogP contribution in [-0.2, 0) is 0 Å². The minimum Gasteiger partial charge on any atom is -0.495 e. The van der Waals surface area contributed by atoms with Crippen LogP contribution >= 0.6 is 0 Å². The van der Waals surface area contributed by atoms with Crippen LogP contribution in [0, 0.1) is 10.1 Å².